The number of ether oxygens (including phenoxy) is 3. The van der Waals surface area contributed by atoms with E-state index in [-0.39, 0.29) is 5.91 Å². The fourth-order valence-corrected chi connectivity index (χ4v) is 2.78. The zero-order chi connectivity index (χ0) is 20.5. The fraction of sp³-hybridized carbons (Fsp3) is 0.261. The Bertz CT molecular complexity index is 893. The molecule has 0 unspecified atom stereocenters. The van der Waals surface area contributed by atoms with Gasteiger partial charge in [0, 0.05) is 12.6 Å². The van der Waals surface area contributed by atoms with Crippen LogP contribution >= 0.6 is 0 Å². The van der Waals surface area contributed by atoms with Gasteiger partial charge in [-0.15, -0.1) is 0 Å². The lowest BCUT2D eigenvalue weighted by Gasteiger charge is -2.18. The molecule has 29 heavy (non-hydrogen) atoms. The second-order valence-electron chi connectivity index (χ2n) is 6.35. The molecule has 0 bridgehead atoms. The number of benzene rings is 2. The summed E-state index contributed by atoms with van der Waals surface area (Å²) in [6.07, 6.45) is 1.59. The summed E-state index contributed by atoms with van der Waals surface area (Å²) in [4.78, 5) is 14.3. The first kappa shape index (κ1) is 20.3. The van der Waals surface area contributed by atoms with Crippen LogP contribution in [0.25, 0.3) is 0 Å². The monoisotopic (exact) mass is 395 g/mol. The van der Waals surface area contributed by atoms with E-state index in [1.165, 1.54) is 0 Å². The van der Waals surface area contributed by atoms with Crippen LogP contribution in [0.1, 0.15) is 23.0 Å². The summed E-state index contributed by atoms with van der Waals surface area (Å²) in [6.45, 7) is 3.52. The maximum atomic E-state index is 12.7. The Kier molecular flexibility index (Phi) is 7.16. The highest BCUT2D eigenvalue weighted by molar-refractivity contribution is 5.94. The molecule has 2 aromatic carbocycles. The molecular formula is C23H25NO5. The Hall–Kier alpha value is -3.41. The summed E-state index contributed by atoms with van der Waals surface area (Å²) in [5.41, 5.74) is 0.524. The van der Waals surface area contributed by atoms with Gasteiger partial charge in [-0.1, -0.05) is 18.2 Å². The van der Waals surface area contributed by atoms with Crippen LogP contribution in [0, 0.1) is 0 Å². The molecule has 152 valence electrons. The van der Waals surface area contributed by atoms with Crippen molar-refractivity contribution in [3.05, 3.63) is 78.3 Å². The maximum absolute atomic E-state index is 12.7. The zero-order valence-corrected chi connectivity index (χ0v) is 16.7. The summed E-state index contributed by atoms with van der Waals surface area (Å²) in [5.74, 6) is 2.51. The predicted octanol–water partition coefficient (Wildman–Crippen LogP) is 4.41. The number of carbonyl (C=O) groups excluding carboxylic acids is 1. The van der Waals surface area contributed by atoms with Gasteiger partial charge in [0.05, 0.1) is 19.4 Å². The molecule has 0 radical (unpaired) electrons. The molecule has 1 aromatic heterocycles. The Balaban J connectivity index is 1.60. The van der Waals surface area contributed by atoms with E-state index in [1.807, 2.05) is 43.3 Å². The lowest BCUT2D eigenvalue weighted by molar-refractivity contribution is 0.0775. The minimum Gasteiger partial charge on any atom is -0.490 e. The molecule has 0 spiro atoms. The van der Waals surface area contributed by atoms with Gasteiger partial charge in [-0.25, -0.2) is 0 Å². The van der Waals surface area contributed by atoms with Crippen LogP contribution in [0.15, 0.2) is 71.3 Å². The molecular weight excluding hydrogens is 370 g/mol. The highest BCUT2D eigenvalue weighted by Gasteiger charge is 2.16. The highest BCUT2D eigenvalue weighted by Crippen LogP contribution is 2.29. The van der Waals surface area contributed by atoms with Gasteiger partial charge in [0.2, 0.25) is 0 Å². The number of hydrogen-bond donors (Lipinski definition) is 0. The topological polar surface area (TPSA) is 61.1 Å². The van der Waals surface area contributed by atoms with E-state index >= 15 is 0 Å². The van der Waals surface area contributed by atoms with Gasteiger partial charge in [-0.3, -0.25) is 4.79 Å². The van der Waals surface area contributed by atoms with E-state index in [1.54, 1.807) is 42.5 Å². The highest BCUT2D eigenvalue weighted by atomic mass is 16.5. The van der Waals surface area contributed by atoms with Crippen molar-refractivity contribution >= 4 is 5.91 Å². The number of furan rings is 1. The molecule has 0 aliphatic rings. The smallest absolute Gasteiger partial charge is 0.254 e. The van der Waals surface area contributed by atoms with Crippen LogP contribution < -0.4 is 14.2 Å². The molecule has 0 saturated carbocycles. The number of nitrogens with zero attached hydrogens (tertiary/aromatic N) is 1. The minimum absolute atomic E-state index is 0.124. The molecule has 6 nitrogen and oxygen atoms in total. The predicted molar refractivity (Wildman–Crippen MR) is 110 cm³/mol. The van der Waals surface area contributed by atoms with Crippen molar-refractivity contribution in [3.8, 4) is 17.2 Å². The summed E-state index contributed by atoms with van der Waals surface area (Å²) < 4.78 is 22.4. The van der Waals surface area contributed by atoms with Crippen molar-refractivity contribution in [2.75, 3.05) is 26.9 Å². The van der Waals surface area contributed by atoms with Crippen LogP contribution in [-0.4, -0.2) is 37.7 Å². The van der Waals surface area contributed by atoms with Gasteiger partial charge in [0.15, 0.2) is 11.5 Å². The van der Waals surface area contributed by atoms with Crippen LogP contribution in [0.5, 0.6) is 17.2 Å². The number of hydrogen-bond acceptors (Lipinski definition) is 5. The summed E-state index contributed by atoms with van der Waals surface area (Å²) >= 11 is 0. The molecule has 0 atom stereocenters. The van der Waals surface area contributed by atoms with Gasteiger partial charge >= 0.3 is 0 Å². The summed E-state index contributed by atoms with van der Waals surface area (Å²) in [6, 6.07) is 18.4. The summed E-state index contributed by atoms with van der Waals surface area (Å²) in [7, 11) is 1.73. The quantitative estimate of drug-likeness (QED) is 0.476. The molecule has 0 fully saturated rings. The molecule has 3 aromatic rings. The Morgan fingerprint density at radius 2 is 1.72 bits per heavy atom. The minimum atomic E-state index is -0.124. The molecule has 1 heterocycles. The third kappa shape index (κ3) is 5.78. The van der Waals surface area contributed by atoms with Gasteiger partial charge < -0.3 is 23.5 Å². The van der Waals surface area contributed by atoms with Crippen LogP contribution in [0.3, 0.4) is 0 Å². The van der Waals surface area contributed by atoms with Crippen molar-refractivity contribution < 1.29 is 23.4 Å². The van der Waals surface area contributed by atoms with Gasteiger partial charge in [-0.2, -0.15) is 0 Å². The molecule has 3 rings (SSSR count). The molecule has 0 aliphatic heterocycles. The summed E-state index contributed by atoms with van der Waals surface area (Å²) in [5, 5.41) is 0. The van der Waals surface area contributed by atoms with Gasteiger partial charge in [0.25, 0.3) is 5.91 Å². The first-order valence-corrected chi connectivity index (χ1v) is 9.52. The van der Waals surface area contributed by atoms with E-state index < -0.39 is 0 Å². The Labute approximate surface area is 170 Å². The SMILES string of the molecule is CCOc1cc(C(=O)N(C)Cc2ccco2)ccc1OCCOc1ccccc1. The molecule has 0 N–H and O–H groups in total. The van der Waals surface area contributed by atoms with Gasteiger partial charge in [-0.05, 0) is 49.4 Å². The molecule has 0 saturated heterocycles. The standard InChI is InChI=1S/C23H25NO5/c1-3-26-22-16-18(23(25)24(2)17-20-10-7-13-27-20)11-12-21(22)29-15-14-28-19-8-5-4-6-9-19/h4-13,16H,3,14-15,17H2,1-2H3. The Morgan fingerprint density at radius 1 is 0.931 bits per heavy atom. The average Bonchev–Trinajstić information content (AvgIpc) is 3.25. The van der Waals surface area contributed by atoms with Crippen molar-refractivity contribution in [2.24, 2.45) is 0 Å². The van der Waals surface area contributed by atoms with Crippen molar-refractivity contribution in [1.29, 1.82) is 0 Å². The molecule has 6 heteroatoms. The fourth-order valence-electron chi connectivity index (χ4n) is 2.78. The lowest BCUT2D eigenvalue weighted by Crippen LogP contribution is -2.26. The number of para-hydroxylation sites is 1. The van der Waals surface area contributed by atoms with Crippen LogP contribution in [-0.2, 0) is 6.54 Å². The van der Waals surface area contributed by atoms with E-state index in [0.29, 0.717) is 43.4 Å². The first-order chi connectivity index (χ1) is 14.2. The Morgan fingerprint density at radius 3 is 2.45 bits per heavy atom. The van der Waals surface area contributed by atoms with Crippen LogP contribution in [0.4, 0.5) is 0 Å². The largest absolute Gasteiger partial charge is 0.490 e. The second kappa shape index (κ2) is 10.2. The molecule has 1 amide bonds. The third-order valence-corrected chi connectivity index (χ3v) is 4.16. The average molecular weight is 395 g/mol. The molecule has 0 aliphatic carbocycles. The zero-order valence-electron chi connectivity index (χ0n) is 16.7. The normalized spacial score (nSPS) is 10.4. The van der Waals surface area contributed by atoms with Gasteiger partial charge in [0.1, 0.15) is 24.7 Å². The lowest BCUT2D eigenvalue weighted by atomic mass is 10.1. The number of amides is 1. The second-order valence-corrected chi connectivity index (χ2v) is 6.35. The number of carbonyl (C=O) groups is 1. The van der Waals surface area contributed by atoms with Crippen molar-refractivity contribution in [3.63, 3.8) is 0 Å². The van der Waals surface area contributed by atoms with E-state index in [9.17, 15) is 4.79 Å². The van der Waals surface area contributed by atoms with E-state index in [0.717, 1.165) is 11.5 Å². The van der Waals surface area contributed by atoms with Crippen LogP contribution in [0.2, 0.25) is 0 Å². The maximum Gasteiger partial charge on any atom is 0.254 e. The first-order valence-electron chi connectivity index (χ1n) is 9.52. The van der Waals surface area contributed by atoms with Crippen molar-refractivity contribution in [2.45, 2.75) is 13.5 Å². The third-order valence-electron chi connectivity index (χ3n) is 4.16. The van der Waals surface area contributed by atoms with Crippen molar-refractivity contribution in [1.82, 2.24) is 4.90 Å². The van der Waals surface area contributed by atoms with E-state index in [4.69, 9.17) is 18.6 Å². The van der Waals surface area contributed by atoms with E-state index in [2.05, 4.69) is 0 Å². The number of rotatable bonds is 10.